The van der Waals surface area contributed by atoms with E-state index in [-0.39, 0.29) is 5.91 Å². The van der Waals surface area contributed by atoms with Crippen molar-refractivity contribution in [2.75, 3.05) is 19.6 Å². The number of nitrogens with one attached hydrogen (secondary N) is 1. The Kier molecular flexibility index (Phi) is 4.70. The Morgan fingerprint density at radius 2 is 2.11 bits per heavy atom. The van der Waals surface area contributed by atoms with Gasteiger partial charge >= 0.3 is 0 Å². The second-order valence-corrected chi connectivity index (χ2v) is 4.92. The number of piperidine rings is 1. The fourth-order valence-electron chi connectivity index (χ4n) is 2.28. The molecule has 0 bridgehead atoms. The summed E-state index contributed by atoms with van der Waals surface area (Å²) in [5.41, 5.74) is 2.28. The maximum Gasteiger partial charge on any atom is 0.236 e. The minimum atomic E-state index is 0.218. The van der Waals surface area contributed by atoms with Gasteiger partial charge in [0.2, 0.25) is 5.91 Å². The molecule has 0 saturated carbocycles. The molecule has 1 N–H and O–H groups in total. The molecular weight excluding hydrogens is 226 g/mol. The van der Waals surface area contributed by atoms with Crippen molar-refractivity contribution in [3.63, 3.8) is 0 Å². The van der Waals surface area contributed by atoms with E-state index in [9.17, 15) is 4.79 Å². The summed E-state index contributed by atoms with van der Waals surface area (Å²) < 4.78 is 0. The Morgan fingerprint density at radius 1 is 1.33 bits per heavy atom. The van der Waals surface area contributed by atoms with E-state index >= 15 is 0 Å². The van der Waals surface area contributed by atoms with Gasteiger partial charge < -0.3 is 10.2 Å². The Morgan fingerprint density at radius 3 is 2.83 bits per heavy atom. The Labute approximate surface area is 108 Å². The highest BCUT2D eigenvalue weighted by atomic mass is 16.2. The third-order valence-corrected chi connectivity index (χ3v) is 3.25. The average molecular weight is 247 g/mol. The molecule has 1 aliphatic rings. The Hall–Kier alpha value is -1.42. The van der Waals surface area contributed by atoms with Gasteiger partial charge in [-0.2, -0.15) is 0 Å². The van der Waals surface area contributed by atoms with E-state index in [2.05, 4.69) is 16.4 Å². The van der Waals surface area contributed by atoms with Crippen LogP contribution in [-0.4, -0.2) is 35.4 Å². The van der Waals surface area contributed by atoms with E-state index in [1.54, 1.807) is 0 Å². The molecule has 18 heavy (non-hydrogen) atoms. The lowest BCUT2D eigenvalue weighted by atomic mass is 10.1. The summed E-state index contributed by atoms with van der Waals surface area (Å²) in [6.07, 6.45) is 7.22. The highest BCUT2D eigenvalue weighted by Gasteiger charge is 2.15. The van der Waals surface area contributed by atoms with Gasteiger partial charge in [0.05, 0.1) is 6.54 Å². The van der Waals surface area contributed by atoms with Crippen LogP contribution in [0.15, 0.2) is 18.5 Å². The van der Waals surface area contributed by atoms with Crippen LogP contribution < -0.4 is 5.32 Å². The molecular formula is C14H21N3O. The minimum absolute atomic E-state index is 0.218. The lowest BCUT2D eigenvalue weighted by Crippen LogP contribution is -2.40. The lowest BCUT2D eigenvalue weighted by molar-refractivity contribution is -0.131. The van der Waals surface area contributed by atoms with E-state index in [0.717, 1.165) is 37.1 Å². The zero-order valence-electron chi connectivity index (χ0n) is 11.0. The molecule has 2 rings (SSSR count). The van der Waals surface area contributed by atoms with Crippen LogP contribution in [0.2, 0.25) is 0 Å². The van der Waals surface area contributed by atoms with Crippen LogP contribution in [0.25, 0.3) is 0 Å². The largest absolute Gasteiger partial charge is 0.342 e. The number of hydrogen-bond donors (Lipinski definition) is 1. The van der Waals surface area contributed by atoms with E-state index < -0.39 is 0 Å². The molecule has 0 aliphatic carbocycles. The molecule has 1 aromatic heterocycles. The van der Waals surface area contributed by atoms with Crippen molar-refractivity contribution in [3.8, 4) is 0 Å². The van der Waals surface area contributed by atoms with Gasteiger partial charge in [-0.05, 0) is 37.3 Å². The number of aryl methyl sites for hydroxylation is 1. The maximum atomic E-state index is 11.9. The van der Waals surface area contributed by atoms with Crippen molar-refractivity contribution in [1.82, 2.24) is 15.2 Å². The van der Waals surface area contributed by atoms with Crippen molar-refractivity contribution in [1.29, 1.82) is 0 Å². The third kappa shape index (κ3) is 3.81. The molecule has 0 atom stereocenters. The topological polar surface area (TPSA) is 45.2 Å². The first-order valence-corrected chi connectivity index (χ1v) is 6.65. The predicted molar refractivity (Wildman–Crippen MR) is 71.1 cm³/mol. The van der Waals surface area contributed by atoms with Crippen LogP contribution in [0.1, 0.15) is 30.4 Å². The average Bonchev–Trinajstić information content (AvgIpc) is 2.40. The predicted octanol–water partition coefficient (Wildman–Crippen LogP) is 1.49. The molecule has 1 amide bonds. The lowest BCUT2D eigenvalue weighted by Gasteiger charge is -2.26. The van der Waals surface area contributed by atoms with E-state index in [1.807, 2.05) is 24.2 Å². The van der Waals surface area contributed by atoms with Gasteiger partial charge in [-0.1, -0.05) is 6.07 Å². The van der Waals surface area contributed by atoms with Crippen LogP contribution in [0, 0.1) is 6.92 Å². The number of aromatic nitrogens is 1. The van der Waals surface area contributed by atoms with Gasteiger partial charge in [-0.3, -0.25) is 9.78 Å². The Bertz CT molecular complexity index is 400. The monoisotopic (exact) mass is 247 g/mol. The van der Waals surface area contributed by atoms with Crippen LogP contribution in [0.4, 0.5) is 0 Å². The molecule has 1 fully saturated rings. The summed E-state index contributed by atoms with van der Waals surface area (Å²) in [5, 5.41) is 3.19. The first-order chi connectivity index (χ1) is 8.75. The van der Waals surface area contributed by atoms with Gasteiger partial charge in [0.15, 0.2) is 0 Å². The number of carbonyl (C=O) groups is 1. The highest BCUT2D eigenvalue weighted by Crippen LogP contribution is 2.08. The third-order valence-electron chi connectivity index (χ3n) is 3.25. The molecule has 1 aliphatic heterocycles. The standard InChI is InChI=1S/C14H21N3O/c1-12-7-13(9-15-8-12)10-16-11-14(18)17-5-3-2-4-6-17/h7-9,16H,2-6,10-11H2,1H3. The van der Waals surface area contributed by atoms with Crippen LogP contribution in [-0.2, 0) is 11.3 Å². The summed E-state index contributed by atoms with van der Waals surface area (Å²) in [4.78, 5) is 18.0. The van der Waals surface area contributed by atoms with Gasteiger partial charge in [0, 0.05) is 32.0 Å². The fraction of sp³-hybridized carbons (Fsp3) is 0.571. The highest BCUT2D eigenvalue weighted by molar-refractivity contribution is 5.78. The van der Waals surface area contributed by atoms with Crippen molar-refractivity contribution in [2.45, 2.75) is 32.7 Å². The zero-order chi connectivity index (χ0) is 12.8. The SMILES string of the molecule is Cc1cncc(CNCC(=O)N2CCCCC2)c1. The Balaban J connectivity index is 1.73. The molecule has 98 valence electrons. The van der Waals surface area contributed by atoms with Gasteiger partial charge in [-0.15, -0.1) is 0 Å². The molecule has 0 spiro atoms. The summed E-state index contributed by atoms with van der Waals surface area (Å²) in [7, 11) is 0. The quantitative estimate of drug-likeness (QED) is 0.877. The zero-order valence-corrected chi connectivity index (χ0v) is 11.0. The van der Waals surface area contributed by atoms with E-state index in [1.165, 1.54) is 6.42 Å². The number of pyridine rings is 1. The number of carbonyl (C=O) groups excluding carboxylic acids is 1. The van der Waals surface area contributed by atoms with Gasteiger partial charge in [0.25, 0.3) is 0 Å². The number of rotatable bonds is 4. The molecule has 1 aromatic rings. The second kappa shape index (κ2) is 6.50. The second-order valence-electron chi connectivity index (χ2n) is 4.92. The normalized spacial score (nSPS) is 15.7. The minimum Gasteiger partial charge on any atom is -0.342 e. The summed E-state index contributed by atoms with van der Waals surface area (Å²) in [6, 6.07) is 2.09. The smallest absolute Gasteiger partial charge is 0.236 e. The number of likely N-dealkylation sites (tertiary alicyclic amines) is 1. The molecule has 0 unspecified atom stereocenters. The van der Waals surface area contributed by atoms with Crippen LogP contribution in [0.5, 0.6) is 0 Å². The number of hydrogen-bond acceptors (Lipinski definition) is 3. The fourth-order valence-corrected chi connectivity index (χ4v) is 2.28. The summed E-state index contributed by atoms with van der Waals surface area (Å²) in [6.45, 7) is 5.00. The summed E-state index contributed by atoms with van der Waals surface area (Å²) >= 11 is 0. The first-order valence-electron chi connectivity index (χ1n) is 6.65. The molecule has 4 nitrogen and oxygen atoms in total. The molecule has 4 heteroatoms. The van der Waals surface area contributed by atoms with E-state index in [0.29, 0.717) is 13.1 Å². The van der Waals surface area contributed by atoms with Gasteiger partial charge in [0.1, 0.15) is 0 Å². The van der Waals surface area contributed by atoms with Crippen molar-refractivity contribution in [2.24, 2.45) is 0 Å². The molecule has 0 aromatic carbocycles. The summed E-state index contributed by atoms with van der Waals surface area (Å²) in [5.74, 6) is 0.218. The number of amides is 1. The molecule has 2 heterocycles. The van der Waals surface area contributed by atoms with Gasteiger partial charge in [-0.25, -0.2) is 0 Å². The molecule has 1 saturated heterocycles. The van der Waals surface area contributed by atoms with Crippen molar-refractivity contribution < 1.29 is 4.79 Å². The van der Waals surface area contributed by atoms with Crippen LogP contribution in [0.3, 0.4) is 0 Å². The van der Waals surface area contributed by atoms with Crippen molar-refractivity contribution in [3.05, 3.63) is 29.6 Å². The van der Waals surface area contributed by atoms with E-state index in [4.69, 9.17) is 0 Å². The number of nitrogens with zero attached hydrogens (tertiary/aromatic N) is 2. The molecule has 0 radical (unpaired) electrons. The van der Waals surface area contributed by atoms with Crippen molar-refractivity contribution >= 4 is 5.91 Å². The van der Waals surface area contributed by atoms with Crippen LogP contribution >= 0.6 is 0 Å². The maximum absolute atomic E-state index is 11.9. The first kappa shape index (κ1) is 13.0.